The van der Waals surface area contributed by atoms with Crippen molar-refractivity contribution in [1.29, 1.82) is 0 Å². The minimum atomic E-state index is -1.30. The Hall–Kier alpha value is -4.49. The maximum Gasteiger partial charge on any atom is 2.00 e. The average molecular weight is 604 g/mol. The van der Waals surface area contributed by atoms with Crippen molar-refractivity contribution >= 4 is 63.1 Å². The number of anilines is 2. The number of hydrogen-bond acceptors (Lipinski definition) is 7. The maximum atomic E-state index is 15.1. The Balaban J connectivity index is 0.00000235. The molecule has 1 aliphatic carbocycles. The largest absolute Gasteiger partial charge is 2.00 e. The molecule has 0 saturated heterocycles. The fourth-order valence-electron chi connectivity index (χ4n) is 4.23. The number of ether oxygens (including phenoxy) is 3. The quantitative estimate of drug-likeness (QED) is 0.154. The maximum absolute atomic E-state index is 15.1. The Kier molecular flexibility index (Phi) is 9.66. The zero-order valence-corrected chi connectivity index (χ0v) is 24.4. The van der Waals surface area contributed by atoms with Crippen LogP contribution < -0.4 is 24.8 Å². The van der Waals surface area contributed by atoms with Crippen LogP contribution in [0.4, 0.5) is 20.2 Å². The number of carboxylic acid groups (broad SMARTS) is 1. The van der Waals surface area contributed by atoms with Crippen LogP contribution >= 0.6 is 0 Å². The molecule has 43 heavy (non-hydrogen) atoms. The molecule has 0 aliphatic heterocycles. The molecule has 0 radical (unpaired) electrons. The molecule has 0 atom stereocenters. The SMILES string of the molecule is CCOc1cc2c(Oc3ccc(NC(=O)C4(C(=O)Nc5ccc(F)cc5)CC4)cc3F)ccnc2cc1OCC(=O)O.[H-].[H-].[Mg+2]. The van der Waals surface area contributed by atoms with Crippen molar-refractivity contribution in [3.05, 3.63) is 78.5 Å². The number of fused-ring (bicyclic) bond motifs is 1. The van der Waals surface area contributed by atoms with E-state index in [1.807, 2.05) is 0 Å². The van der Waals surface area contributed by atoms with Crippen LogP contribution in [0.15, 0.2) is 66.9 Å². The summed E-state index contributed by atoms with van der Waals surface area (Å²) in [5, 5.41) is 14.6. The molecule has 3 N–H and O–H groups in total. The minimum absolute atomic E-state index is 0. The monoisotopic (exact) mass is 603 g/mol. The normalized spacial score (nSPS) is 12.9. The summed E-state index contributed by atoms with van der Waals surface area (Å²) in [7, 11) is 0. The first kappa shape index (κ1) is 31.4. The standard InChI is InChI=1S/C30H25F2N3O7.Mg.2H/c1-2-40-25-14-20-22(15-26(25)41-16-27(36)37)33-12-9-23(20)42-24-8-7-19(13-21(24)32)35-29(39)30(10-11-30)28(38)34-18-5-3-17(31)4-6-18;;;/h3-9,12-15H,2,10-11,16H2,1H3,(H,34,38)(H,35,39)(H,36,37);;;/q;+2;2*-1. The number of amides is 2. The summed E-state index contributed by atoms with van der Waals surface area (Å²) in [5.74, 6) is -2.94. The molecule has 1 saturated carbocycles. The van der Waals surface area contributed by atoms with E-state index in [1.54, 1.807) is 13.0 Å². The van der Waals surface area contributed by atoms with Crippen LogP contribution in [-0.4, -0.2) is 64.1 Å². The van der Waals surface area contributed by atoms with E-state index in [-0.39, 0.29) is 61.2 Å². The van der Waals surface area contributed by atoms with E-state index >= 15 is 4.39 Å². The van der Waals surface area contributed by atoms with E-state index < -0.39 is 41.4 Å². The molecule has 1 heterocycles. The summed E-state index contributed by atoms with van der Waals surface area (Å²) in [6.45, 7) is 1.46. The first-order valence-electron chi connectivity index (χ1n) is 12.9. The van der Waals surface area contributed by atoms with Gasteiger partial charge < -0.3 is 32.8 Å². The van der Waals surface area contributed by atoms with Gasteiger partial charge in [-0.2, -0.15) is 0 Å². The van der Waals surface area contributed by atoms with Gasteiger partial charge >= 0.3 is 29.0 Å². The van der Waals surface area contributed by atoms with E-state index in [1.165, 1.54) is 54.7 Å². The molecule has 10 nitrogen and oxygen atoms in total. The number of aromatic nitrogens is 1. The van der Waals surface area contributed by atoms with E-state index in [4.69, 9.17) is 19.3 Å². The molecule has 220 valence electrons. The Morgan fingerprint density at radius 1 is 0.884 bits per heavy atom. The van der Waals surface area contributed by atoms with Crippen LogP contribution in [0.25, 0.3) is 10.9 Å². The Labute approximate surface area is 263 Å². The summed E-state index contributed by atoms with van der Waals surface area (Å²) in [5.41, 5.74) is -0.422. The van der Waals surface area contributed by atoms with Crippen LogP contribution in [0.3, 0.4) is 0 Å². The topological polar surface area (TPSA) is 136 Å². The number of carboxylic acids is 1. The molecule has 5 rings (SSSR count). The zero-order chi connectivity index (χ0) is 29.9. The van der Waals surface area contributed by atoms with Gasteiger partial charge in [0.2, 0.25) is 11.8 Å². The Morgan fingerprint density at radius 3 is 2.16 bits per heavy atom. The molecular formula is C30H27F2MgN3O7. The third-order valence-electron chi connectivity index (χ3n) is 6.55. The number of hydrogen-bond donors (Lipinski definition) is 3. The number of carbonyl (C=O) groups is 3. The van der Waals surface area contributed by atoms with Gasteiger partial charge in [0.25, 0.3) is 0 Å². The van der Waals surface area contributed by atoms with Gasteiger partial charge in [0.05, 0.1) is 12.1 Å². The second-order valence-corrected chi connectivity index (χ2v) is 9.49. The van der Waals surface area contributed by atoms with E-state index in [0.717, 1.165) is 6.07 Å². The summed E-state index contributed by atoms with van der Waals surface area (Å²) >= 11 is 0. The minimum Gasteiger partial charge on any atom is -1.00 e. The Morgan fingerprint density at radius 2 is 1.53 bits per heavy atom. The Bertz CT molecular complexity index is 1690. The molecule has 0 unspecified atom stereocenters. The zero-order valence-electron chi connectivity index (χ0n) is 25.0. The van der Waals surface area contributed by atoms with Crippen LogP contribution in [0.5, 0.6) is 23.0 Å². The van der Waals surface area contributed by atoms with Gasteiger partial charge in [-0.25, -0.2) is 13.6 Å². The fourth-order valence-corrected chi connectivity index (χ4v) is 4.23. The summed E-state index contributed by atoms with van der Waals surface area (Å²) in [6.07, 6.45) is 2.08. The summed E-state index contributed by atoms with van der Waals surface area (Å²) in [4.78, 5) is 41.0. The number of carbonyl (C=O) groups excluding carboxylic acids is 2. The number of nitrogens with one attached hydrogen (secondary N) is 2. The van der Waals surface area contributed by atoms with Crippen molar-refractivity contribution < 1.29 is 45.3 Å². The molecule has 2 amide bonds. The predicted molar refractivity (Wildman–Crippen MR) is 156 cm³/mol. The van der Waals surface area contributed by atoms with Gasteiger partial charge in [-0.15, -0.1) is 0 Å². The van der Waals surface area contributed by atoms with Gasteiger partial charge in [-0.1, -0.05) is 0 Å². The number of aliphatic carboxylic acids is 1. The number of nitrogens with zero attached hydrogens (tertiary/aromatic N) is 1. The van der Waals surface area contributed by atoms with Gasteiger partial charge in [0.15, 0.2) is 29.7 Å². The third-order valence-corrected chi connectivity index (χ3v) is 6.55. The molecule has 1 fully saturated rings. The van der Waals surface area contributed by atoms with Crippen molar-refractivity contribution in [2.45, 2.75) is 19.8 Å². The van der Waals surface area contributed by atoms with Crippen molar-refractivity contribution in [1.82, 2.24) is 4.98 Å². The van der Waals surface area contributed by atoms with Crippen molar-refractivity contribution in [3.63, 3.8) is 0 Å². The molecule has 4 aromatic rings. The molecule has 0 spiro atoms. The van der Waals surface area contributed by atoms with Crippen LogP contribution in [-0.2, 0) is 14.4 Å². The van der Waals surface area contributed by atoms with Crippen molar-refractivity contribution in [2.75, 3.05) is 23.8 Å². The van der Waals surface area contributed by atoms with Crippen molar-refractivity contribution in [3.8, 4) is 23.0 Å². The average Bonchev–Trinajstić information content (AvgIpc) is 3.77. The predicted octanol–water partition coefficient (Wildman–Crippen LogP) is 5.37. The van der Waals surface area contributed by atoms with E-state index in [9.17, 15) is 18.8 Å². The molecule has 1 aromatic heterocycles. The van der Waals surface area contributed by atoms with Crippen LogP contribution in [0.1, 0.15) is 22.6 Å². The molecule has 1 aliphatic rings. The second-order valence-electron chi connectivity index (χ2n) is 9.49. The molecular weight excluding hydrogens is 577 g/mol. The van der Waals surface area contributed by atoms with Gasteiger partial charge in [0.1, 0.15) is 17.0 Å². The molecule has 13 heteroatoms. The van der Waals surface area contributed by atoms with E-state index in [0.29, 0.717) is 29.4 Å². The van der Waals surface area contributed by atoms with Gasteiger partial charge in [0, 0.05) is 35.1 Å². The fraction of sp³-hybridized carbons (Fsp3) is 0.200. The smallest absolute Gasteiger partial charge is 1.00 e. The number of rotatable bonds is 11. The third kappa shape index (κ3) is 7.12. The number of benzene rings is 3. The first-order chi connectivity index (χ1) is 20.2. The van der Waals surface area contributed by atoms with Gasteiger partial charge in [-0.05, 0) is 68.3 Å². The van der Waals surface area contributed by atoms with Crippen molar-refractivity contribution in [2.24, 2.45) is 5.41 Å². The second kappa shape index (κ2) is 13.2. The van der Waals surface area contributed by atoms with Crippen LogP contribution in [0.2, 0.25) is 0 Å². The van der Waals surface area contributed by atoms with E-state index in [2.05, 4.69) is 15.6 Å². The number of halogens is 2. The molecule has 0 bridgehead atoms. The summed E-state index contributed by atoms with van der Waals surface area (Å²) in [6, 6.07) is 13.6. The molecule has 3 aromatic carbocycles. The summed E-state index contributed by atoms with van der Waals surface area (Å²) < 4.78 is 45.0. The number of pyridine rings is 1. The first-order valence-corrected chi connectivity index (χ1v) is 12.9. The van der Waals surface area contributed by atoms with Gasteiger partial charge in [-0.3, -0.25) is 14.6 Å². The van der Waals surface area contributed by atoms with Crippen LogP contribution in [0, 0.1) is 17.0 Å².